The number of hydrogen-bond acceptors (Lipinski definition) is 6. The minimum absolute atomic E-state index is 0.0719. The van der Waals surface area contributed by atoms with Crippen LogP contribution in [0.2, 0.25) is 0 Å². The number of hydrogen-bond donors (Lipinski definition) is 0. The molecule has 0 radical (unpaired) electrons. The standard InChI is InChI=1S/C22H33N3O3/c1-22(2,3)21-23-20(28-24-21)15-25-10-8-16(9-11-25)6-7-17-12-18(26-4)14-19(13-17)27-5/h12-14,16H,6-11,15H2,1-5H3. The van der Waals surface area contributed by atoms with Crippen molar-refractivity contribution in [1.82, 2.24) is 15.0 Å². The Bertz CT molecular complexity index is 736. The number of piperidine rings is 1. The van der Waals surface area contributed by atoms with Crippen LogP contribution in [-0.4, -0.2) is 42.3 Å². The predicted octanol–water partition coefficient (Wildman–Crippen LogP) is 4.23. The van der Waals surface area contributed by atoms with Crippen molar-refractivity contribution in [3.05, 3.63) is 35.5 Å². The molecule has 0 aliphatic carbocycles. The molecule has 0 amide bonds. The van der Waals surface area contributed by atoms with Crippen LogP contribution in [0, 0.1) is 5.92 Å². The van der Waals surface area contributed by atoms with Gasteiger partial charge in [-0.1, -0.05) is 25.9 Å². The maximum absolute atomic E-state index is 5.44. The molecular formula is C22H33N3O3. The molecule has 0 unspecified atom stereocenters. The van der Waals surface area contributed by atoms with E-state index in [2.05, 4.69) is 47.9 Å². The van der Waals surface area contributed by atoms with Gasteiger partial charge in [0.2, 0.25) is 5.89 Å². The molecule has 1 aliphatic heterocycles. The summed E-state index contributed by atoms with van der Waals surface area (Å²) < 4.78 is 16.2. The SMILES string of the molecule is COc1cc(CCC2CCN(Cc3nc(C(C)(C)C)no3)CC2)cc(OC)c1. The smallest absolute Gasteiger partial charge is 0.240 e. The normalized spacial score (nSPS) is 16.3. The van der Waals surface area contributed by atoms with Crippen molar-refractivity contribution >= 4 is 0 Å². The van der Waals surface area contributed by atoms with E-state index in [1.807, 2.05) is 6.07 Å². The van der Waals surface area contributed by atoms with Gasteiger partial charge in [-0.15, -0.1) is 0 Å². The molecule has 3 rings (SSSR count). The second-order valence-electron chi connectivity index (χ2n) is 8.74. The molecule has 2 aromatic rings. The molecule has 28 heavy (non-hydrogen) atoms. The third-order valence-corrected chi connectivity index (χ3v) is 5.46. The van der Waals surface area contributed by atoms with Crippen LogP contribution in [0.1, 0.15) is 57.3 Å². The Morgan fingerprint density at radius 3 is 2.25 bits per heavy atom. The Balaban J connectivity index is 1.46. The van der Waals surface area contributed by atoms with Crippen molar-refractivity contribution in [2.45, 2.75) is 58.4 Å². The minimum atomic E-state index is -0.0719. The van der Waals surface area contributed by atoms with Gasteiger partial charge in [-0.05, 0) is 62.4 Å². The first-order chi connectivity index (χ1) is 13.4. The molecule has 6 nitrogen and oxygen atoms in total. The van der Waals surface area contributed by atoms with Crippen LogP contribution in [0.15, 0.2) is 22.7 Å². The highest BCUT2D eigenvalue weighted by molar-refractivity contribution is 5.38. The molecule has 1 saturated heterocycles. The van der Waals surface area contributed by atoms with E-state index in [9.17, 15) is 0 Å². The largest absolute Gasteiger partial charge is 0.497 e. The summed E-state index contributed by atoms with van der Waals surface area (Å²) in [5.74, 6) is 3.98. The molecule has 1 aliphatic rings. The Hall–Kier alpha value is -2.08. The zero-order valence-electron chi connectivity index (χ0n) is 17.8. The van der Waals surface area contributed by atoms with Gasteiger partial charge in [-0.3, -0.25) is 4.90 Å². The Morgan fingerprint density at radius 2 is 1.71 bits per heavy atom. The summed E-state index contributed by atoms with van der Waals surface area (Å²) in [7, 11) is 3.39. The highest BCUT2D eigenvalue weighted by Crippen LogP contribution is 2.27. The van der Waals surface area contributed by atoms with E-state index in [-0.39, 0.29) is 5.41 Å². The highest BCUT2D eigenvalue weighted by Gasteiger charge is 2.24. The number of benzene rings is 1. The number of methoxy groups -OCH3 is 2. The lowest BCUT2D eigenvalue weighted by Gasteiger charge is -2.31. The van der Waals surface area contributed by atoms with Crippen molar-refractivity contribution in [1.29, 1.82) is 0 Å². The summed E-state index contributed by atoms with van der Waals surface area (Å²) in [4.78, 5) is 6.98. The Morgan fingerprint density at radius 1 is 1.07 bits per heavy atom. The van der Waals surface area contributed by atoms with E-state index < -0.39 is 0 Å². The lowest BCUT2D eigenvalue weighted by Crippen LogP contribution is -2.33. The number of ether oxygens (including phenoxy) is 2. The summed E-state index contributed by atoms with van der Waals surface area (Å²) in [6.07, 6.45) is 4.67. The van der Waals surface area contributed by atoms with Crippen LogP contribution in [0.25, 0.3) is 0 Å². The molecule has 0 bridgehead atoms. The van der Waals surface area contributed by atoms with Gasteiger partial charge in [0.25, 0.3) is 0 Å². The second kappa shape index (κ2) is 8.95. The maximum Gasteiger partial charge on any atom is 0.240 e. The topological polar surface area (TPSA) is 60.6 Å². The molecular weight excluding hydrogens is 354 g/mol. The summed E-state index contributed by atoms with van der Waals surface area (Å²) >= 11 is 0. The fraction of sp³-hybridized carbons (Fsp3) is 0.636. The monoisotopic (exact) mass is 387 g/mol. The van der Waals surface area contributed by atoms with Gasteiger partial charge in [0.15, 0.2) is 5.82 Å². The quantitative estimate of drug-likeness (QED) is 0.709. The van der Waals surface area contributed by atoms with Gasteiger partial charge in [0.05, 0.1) is 20.8 Å². The minimum Gasteiger partial charge on any atom is -0.497 e. The van der Waals surface area contributed by atoms with Crippen LogP contribution in [0.5, 0.6) is 11.5 Å². The lowest BCUT2D eigenvalue weighted by atomic mass is 9.90. The molecule has 1 fully saturated rings. The third-order valence-electron chi connectivity index (χ3n) is 5.46. The third kappa shape index (κ3) is 5.47. The number of rotatable bonds is 7. The van der Waals surface area contributed by atoms with Crippen molar-refractivity contribution < 1.29 is 14.0 Å². The van der Waals surface area contributed by atoms with Gasteiger partial charge in [0, 0.05) is 11.5 Å². The molecule has 0 spiro atoms. The lowest BCUT2D eigenvalue weighted by molar-refractivity contribution is 0.155. The van der Waals surface area contributed by atoms with E-state index in [4.69, 9.17) is 14.0 Å². The summed E-state index contributed by atoms with van der Waals surface area (Å²) in [5, 5.41) is 4.13. The molecule has 6 heteroatoms. The van der Waals surface area contributed by atoms with Crippen molar-refractivity contribution in [2.75, 3.05) is 27.3 Å². The Kier molecular flexibility index (Phi) is 6.60. The molecule has 1 aromatic carbocycles. The van der Waals surface area contributed by atoms with Crippen molar-refractivity contribution in [3.8, 4) is 11.5 Å². The number of aryl methyl sites for hydroxylation is 1. The number of nitrogens with zero attached hydrogens (tertiary/aromatic N) is 3. The first kappa shape index (κ1) is 20.6. The fourth-order valence-corrected chi connectivity index (χ4v) is 3.63. The van der Waals surface area contributed by atoms with Crippen LogP contribution >= 0.6 is 0 Å². The summed E-state index contributed by atoms with van der Waals surface area (Å²) in [6.45, 7) is 9.22. The van der Waals surface area contributed by atoms with Gasteiger partial charge in [0.1, 0.15) is 11.5 Å². The van der Waals surface area contributed by atoms with Crippen LogP contribution in [-0.2, 0) is 18.4 Å². The molecule has 2 heterocycles. The van der Waals surface area contributed by atoms with Gasteiger partial charge in [-0.2, -0.15) is 4.98 Å². The summed E-state index contributed by atoms with van der Waals surface area (Å²) in [5.41, 5.74) is 1.21. The number of aromatic nitrogens is 2. The van der Waals surface area contributed by atoms with Crippen molar-refractivity contribution in [2.24, 2.45) is 5.92 Å². The molecule has 1 aromatic heterocycles. The molecule has 0 atom stereocenters. The summed E-state index contributed by atoms with van der Waals surface area (Å²) in [6, 6.07) is 6.14. The van der Waals surface area contributed by atoms with Crippen LogP contribution in [0.4, 0.5) is 0 Å². The zero-order chi connectivity index (χ0) is 20.1. The second-order valence-corrected chi connectivity index (χ2v) is 8.74. The molecule has 0 N–H and O–H groups in total. The first-order valence-electron chi connectivity index (χ1n) is 10.1. The molecule has 154 valence electrons. The maximum atomic E-state index is 5.44. The van der Waals surface area contributed by atoms with E-state index in [0.717, 1.165) is 55.2 Å². The molecule has 0 saturated carbocycles. The average Bonchev–Trinajstić information content (AvgIpc) is 3.16. The van der Waals surface area contributed by atoms with Gasteiger partial charge >= 0.3 is 0 Å². The van der Waals surface area contributed by atoms with Crippen LogP contribution < -0.4 is 9.47 Å². The van der Waals surface area contributed by atoms with Gasteiger partial charge < -0.3 is 14.0 Å². The highest BCUT2D eigenvalue weighted by atomic mass is 16.5. The zero-order valence-corrected chi connectivity index (χ0v) is 17.8. The fourth-order valence-electron chi connectivity index (χ4n) is 3.63. The predicted molar refractivity (Wildman–Crippen MR) is 109 cm³/mol. The van der Waals surface area contributed by atoms with E-state index in [0.29, 0.717) is 0 Å². The van der Waals surface area contributed by atoms with E-state index in [1.165, 1.54) is 24.8 Å². The van der Waals surface area contributed by atoms with E-state index >= 15 is 0 Å². The van der Waals surface area contributed by atoms with Crippen molar-refractivity contribution in [3.63, 3.8) is 0 Å². The first-order valence-corrected chi connectivity index (χ1v) is 10.1. The number of likely N-dealkylation sites (tertiary alicyclic amines) is 1. The van der Waals surface area contributed by atoms with E-state index in [1.54, 1.807) is 14.2 Å². The van der Waals surface area contributed by atoms with Crippen LogP contribution in [0.3, 0.4) is 0 Å². The van der Waals surface area contributed by atoms with Gasteiger partial charge in [-0.25, -0.2) is 0 Å². The average molecular weight is 388 g/mol. The Labute approximate surface area is 168 Å².